The Kier molecular flexibility index (Phi) is 6.34. The summed E-state index contributed by atoms with van der Waals surface area (Å²) in [6, 6.07) is 0.496. The first-order valence-electron chi connectivity index (χ1n) is 8.32. The molecule has 0 radical (unpaired) electrons. The van der Waals surface area contributed by atoms with Gasteiger partial charge in [0.15, 0.2) is 0 Å². The first kappa shape index (κ1) is 15.5. The minimum absolute atomic E-state index is 0.415. The first-order valence-corrected chi connectivity index (χ1v) is 9.60. The Morgan fingerprint density at radius 2 is 1.84 bits per heavy atom. The summed E-state index contributed by atoms with van der Waals surface area (Å²) >= 11 is 0. The van der Waals surface area contributed by atoms with Crippen molar-refractivity contribution in [3.05, 3.63) is 0 Å². The predicted octanol–water partition coefficient (Wildman–Crippen LogP) is 3.62. The van der Waals surface area contributed by atoms with Gasteiger partial charge in [0, 0.05) is 22.1 Å². The van der Waals surface area contributed by atoms with Crippen LogP contribution in [-0.2, 0) is 10.8 Å². The van der Waals surface area contributed by atoms with E-state index in [-0.39, 0.29) is 0 Å². The molecule has 112 valence electrons. The molecule has 2 saturated carbocycles. The maximum absolute atomic E-state index is 12.9. The summed E-state index contributed by atoms with van der Waals surface area (Å²) < 4.78 is 12.9. The minimum Gasteiger partial charge on any atom is -0.316 e. The van der Waals surface area contributed by atoms with Crippen molar-refractivity contribution in [1.82, 2.24) is 5.32 Å². The molecule has 3 heteroatoms. The summed E-state index contributed by atoms with van der Waals surface area (Å²) in [7, 11) is 1.44. The van der Waals surface area contributed by atoms with Gasteiger partial charge in [-0.15, -0.1) is 0 Å². The second-order valence-electron chi connectivity index (χ2n) is 6.49. The topological polar surface area (TPSA) is 29.1 Å². The van der Waals surface area contributed by atoms with Crippen molar-refractivity contribution in [1.29, 1.82) is 0 Å². The lowest BCUT2D eigenvalue weighted by Crippen LogP contribution is -2.47. The fraction of sp³-hybridized carbons (Fsp3) is 1.00. The van der Waals surface area contributed by atoms with E-state index >= 15 is 0 Å². The van der Waals surface area contributed by atoms with Crippen LogP contribution in [0.3, 0.4) is 0 Å². The molecule has 2 fully saturated rings. The van der Waals surface area contributed by atoms with E-state index in [4.69, 9.17) is 0 Å². The van der Waals surface area contributed by atoms with Gasteiger partial charge in [-0.05, 0) is 45.1 Å². The maximum atomic E-state index is 12.9. The third-order valence-electron chi connectivity index (χ3n) is 5.15. The number of hydrogen-bond acceptors (Lipinski definition) is 2. The summed E-state index contributed by atoms with van der Waals surface area (Å²) in [6.07, 6.45) is 12.7. The highest BCUT2D eigenvalue weighted by Crippen LogP contribution is 2.34. The third-order valence-corrected chi connectivity index (χ3v) is 7.39. The van der Waals surface area contributed by atoms with Crippen LogP contribution in [0.1, 0.15) is 71.1 Å². The van der Waals surface area contributed by atoms with Gasteiger partial charge in [0.25, 0.3) is 0 Å². The van der Waals surface area contributed by atoms with Crippen molar-refractivity contribution in [3.63, 3.8) is 0 Å². The SMILES string of the molecule is CCCC1CCC(NC)C(S(=O)C2CCCCC2)C1. The highest BCUT2D eigenvalue weighted by atomic mass is 32.2. The van der Waals surface area contributed by atoms with E-state index in [1.165, 1.54) is 64.2 Å². The molecule has 0 bridgehead atoms. The van der Waals surface area contributed by atoms with Crippen LogP contribution in [0.4, 0.5) is 0 Å². The monoisotopic (exact) mass is 285 g/mol. The zero-order chi connectivity index (χ0) is 13.7. The molecule has 2 aliphatic carbocycles. The second-order valence-corrected chi connectivity index (χ2v) is 8.42. The van der Waals surface area contributed by atoms with Crippen molar-refractivity contribution in [2.45, 2.75) is 87.7 Å². The van der Waals surface area contributed by atoms with E-state index in [1.54, 1.807) is 0 Å². The predicted molar refractivity (Wildman–Crippen MR) is 83.9 cm³/mol. The zero-order valence-corrected chi connectivity index (χ0v) is 13.5. The molecular weight excluding hydrogens is 254 g/mol. The van der Waals surface area contributed by atoms with Gasteiger partial charge in [-0.25, -0.2) is 0 Å². The van der Waals surface area contributed by atoms with Crippen LogP contribution >= 0.6 is 0 Å². The first-order chi connectivity index (χ1) is 9.26. The molecule has 2 nitrogen and oxygen atoms in total. The molecule has 0 amide bonds. The van der Waals surface area contributed by atoms with Crippen molar-refractivity contribution in [2.24, 2.45) is 5.92 Å². The van der Waals surface area contributed by atoms with Gasteiger partial charge in [0.1, 0.15) is 0 Å². The summed E-state index contributed by atoms with van der Waals surface area (Å²) in [6.45, 7) is 2.28. The smallest absolute Gasteiger partial charge is 0.0506 e. The van der Waals surface area contributed by atoms with E-state index in [9.17, 15) is 4.21 Å². The van der Waals surface area contributed by atoms with Crippen LogP contribution < -0.4 is 5.32 Å². The van der Waals surface area contributed by atoms with Crippen LogP contribution in [0, 0.1) is 5.92 Å². The Morgan fingerprint density at radius 3 is 2.47 bits per heavy atom. The largest absolute Gasteiger partial charge is 0.316 e. The van der Waals surface area contributed by atoms with Gasteiger partial charge in [0.2, 0.25) is 0 Å². The molecule has 2 aliphatic rings. The molecule has 0 aliphatic heterocycles. The van der Waals surface area contributed by atoms with Gasteiger partial charge in [-0.2, -0.15) is 0 Å². The van der Waals surface area contributed by atoms with E-state index < -0.39 is 10.8 Å². The lowest BCUT2D eigenvalue weighted by Gasteiger charge is -2.38. The van der Waals surface area contributed by atoms with E-state index in [0.717, 1.165) is 5.92 Å². The van der Waals surface area contributed by atoms with Crippen molar-refractivity contribution in [2.75, 3.05) is 7.05 Å². The second kappa shape index (κ2) is 7.78. The fourth-order valence-corrected chi connectivity index (χ4v) is 6.36. The fourth-order valence-electron chi connectivity index (χ4n) is 4.01. The van der Waals surface area contributed by atoms with Crippen LogP contribution in [-0.4, -0.2) is 27.8 Å². The third kappa shape index (κ3) is 4.04. The average molecular weight is 285 g/mol. The summed E-state index contributed by atoms with van der Waals surface area (Å²) in [5.41, 5.74) is 0. The normalized spacial score (nSPS) is 35.2. The van der Waals surface area contributed by atoms with Crippen LogP contribution in [0.5, 0.6) is 0 Å². The van der Waals surface area contributed by atoms with Crippen molar-refractivity contribution >= 4 is 10.8 Å². The zero-order valence-electron chi connectivity index (χ0n) is 12.7. The molecule has 0 saturated heterocycles. The lowest BCUT2D eigenvalue weighted by molar-refractivity contribution is 0.291. The minimum atomic E-state index is -0.610. The van der Waals surface area contributed by atoms with Gasteiger partial charge < -0.3 is 5.32 Å². The van der Waals surface area contributed by atoms with Gasteiger partial charge in [-0.1, -0.05) is 39.0 Å². The van der Waals surface area contributed by atoms with Gasteiger partial charge in [0.05, 0.1) is 5.25 Å². The Labute approximate surface area is 121 Å². The highest BCUT2D eigenvalue weighted by Gasteiger charge is 2.36. The van der Waals surface area contributed by atoms with Gasteiger partial charge in [-0.3, -0.25) is 4.21 Å². The maximum Gasteiger partial charge on any atom is 0.0506 e. The standard InChI is InChI=1S/C16H31NOS/c1-3-7-13-10-11-15(17-2)16(12-13)19(18)14-8-5-4-6-9-14/h13-17H,3-12H2,1-2H3. The van der Waals surface area contributed by atoms with Crippen LogP contribution in [0.15, 0.2) is 0 Å². The molecule has 1 N–H and O–H groups in total. The molecule has 19 heavy (non-hydrogen) atoms. The quantitative estimate of drug-likeness (QED) is 0.836. The summed E-state index contributed by atoms with van der Waals surface area (Å²) in [5, 5.41) is 4.35. The van der Waals surface area contributed by atoms with Crippen LogP contribution in [0.25, 0.3) is 0 Å². The Morgan fingerprint density at radius 1 is 1.11 bits per heavy atom. The molecule has 0 aromatic rings. The van der Waals surface area contributed by atoms with Gasteiger partial charge >= 0.3 is 0 Å². The Bertz CT molecular complexity index is 288. The molecular formula is C16H31NOS. The Balaban J connectivity index is 1.98. The average Bonchev–Trinajstić information content (AvgIpc) is 2.47. The molecule has 2 rings (SSSR count). The summed E-state index contributed by atoms with van der Waals surface area (Å²) in [5.74, 6) is 0.826. The molecule has 4 atom stereocenters. The van der Waals surface area contributed by atoms with E-state index in [2.05, 4.69) is 19.3 Å². The number of nitrogens with one attached hydrogen (secondary N) is 1. The van der Waals surface area contributed by atoms with E-state index in [0.29, 0.717) is 16.5 Å². The molecule has 0 spiro atoms. The highest BCUT2D eigenvalue weighted by molar-refractivity contribution is 7.86. The Hall–Kier alpha value is 0.110. The molecule has 0 aromatic heterocycles. The molecule has 0 aromatic carbocycles. The lowest BCUT2D eigenvalue weighted by atomic mass is 9.83. The molecule has 4 unspecified atom stereocenters. The van der Waals surface area contributed by atoms with E-state index in [1.807, 2.05) is 0 Å². The van der Waals surface area contributed by atoms with Crippen molar-refractivity contribution in [3.8, 4) is 0 Å². The number of hydrogen-bond donors (Lipinski definition) is 1. The molecule has 0 heterocycles. The summed E-state index contributed by atoms with van der Waals surface area (Å²) in [4.78, 5) is 0. The van der Waals surface area contributed by atoms with Crippen molar-refractivity contribution < 1.29 is 4.21 Å². The number of rotatable bonds is 5. The van der Waals surface area contributed by atoms with Crippen LogP contribution in [0.2, 0.25) is 0 Å².